The van der Waals surface area contributed by atoms with E-state index in [1.807, 2.05) is 10.9 Å². The maximum atomic E-state index is 13.0. The van der Waals surface area contributed by atoms with Crippen molar-refractivity contribution in [3.8, 4) is 11.4 Å². The van der Waals surface area contributed by atoms with Gasteiger partial charge < -0.3 is 0 Å². The van der Waals surface area contributed by atoms with Crippen LogP contribution in [0.15, 0.2) is 35.6 Å². The molecule has 0 amide bonds. The van der Waals surface area contributed by atoms with Gasteiger partial charge in [0.2, 0.25) is 5.16 Å². The number of aromatic nitrogens is 6. The minimum atomic E-state index is -0.265. The summed E-state index contributed by atoms with van der Waals surface area (Å²) >= 11 is 1.51. The summed E-state index contributed by atoms with van der Waals surface area (Å²) in [5, 5.41) is 16.2. The van der Waals surface area contributed by atoms with Gasteiger partial charge in [-0.1, -0.05) is 75.3 Å². The molecule has 0 saturated heterocycles. The molecule has 0 spiro atoms. The lowest BCUT2D eigenvalue weighted by Gasteiger charge is -2.02. The van der Waals surface area contributed by atoms with Crippen molar-refractivity contribution >= 4 is 11.8 Å². The Morgan fingerprint density at radius 3 is 2.40 bits per heavy atom. The number of benzene rings is 1. The molecule has 3 aromatic rings. The number of unbranched alkanes of at least 4 members (excludes halogenated alkanes) is 8. The Kier molecular flexibility index (Phi) is 9.34. The van der Waals surface area contributed by atoms with E-state index in [0.29, 0.717) is 16.7 Å². The van der Waals surface area contributed by atoms with Crippen LogP contribution in [0.3, 0.4) is 0 Å². The molecule has 2 heterocycles. The Balaban J connectivity index is 1.32. The van der Waals surface area contributed by atoms with Gasteiger partial charge in [-0.2, -0.15) is 0 Å². The fourth-order valence-electron chi connectivity index (χ4n) is 3.28. The topological polar surface area (TPSA) is 72.3 Å². The van der Waals surface area contributed by atoms with Crippen molar-refractivity contribution in [3.63, 3.8) is 0 Å². The van der Waals surface area contributed by atoms with E-state index in [2.05, 4.69) is 32.4 Å². The van der Waals surface area contributed by atoms with Crippen LogP contribution in [0.25, 0.3) is 11.4 Å². The Hall–Kier alpha value is -2.22. The zero-order chi connectivity index (χ0) is 21.0. The first-order valence-electron chi connectivity index (χ1n) is 10.9. The van der Waals surface area contributed by atoms with Gasteiger partial charge in [0, 0.05) is 24.1 Å². The number of halogens is 1. The number of hydrogen-bond acceptors (Lipinski definition) is 5. The van der Waals surface area contributed by atoms with Gasteiger partial charge in [0.05, 0.1) is 5.69 Å². The van der Waals surface area contributed by atoms with Crippen molar-refractivity contribution in [2.75, 3.05) is 0 Å². The first-order valence-corrected chi connectivity index (χ1v) is 11.9. The summed E-state index contributed by atoms with van der Waals surface area (Å²) in [5.41, 5.74) is 1.73. The zero-order valence-electron chi connectivity index (χ0n) is 17.7. The monoisotopic (exact) mass is 430 g/mol. The molecule has 0 atom stereocenters. The highest BCUT2D eigenvalue weighted by atomic mass is 32.2. The summed E-state index contributed by atoms with van der Waals surface area (Å²) in [4.78, 5) is 4.45. The average molecular weight is 431 g/mol. The number of aryl methyl sites for hydroxylation is 1. The second-order valence-corrected chi connectivity index (χ2v) is 8.51. The fourth-order valence-corrected chi connectivity index (χ4v) is 3.96. The number of nitrogens with zero attached hydrogens (tertiary/aromatic N) is 5. The molecule has 0 aliphatic heterocycles. The molecule has 0 radical (unpaired) electrons. The molecule has 0 aliphatic rings. The normalized spacial score (nSPS) is 11.3. The van der Waals surface area contributed by atoms with Gasteiger partial charge >= 0.3 is 0 Å². The molecule has 3 rings (SSSR count). The molecule has 0 unspecified atom stereocenters. The maximum absolute atomic E-state index is 13.0. The molecule has 0 aliphatic carbocycles. The molecule has 0 fully saturated rings. The largest absolute Gasteiger partial charge is 0.258 e. The smallest absolute Gasteiger partial charge is 0.209 e. The van der Waals surface area contributed by atoms with Crippen LogP contribution >= 0.6 is 11.8 Å². The van der Waals surface area contributed by atoms with E-state index < -0.39 is 0 Å². The molecule has 6 nitrogen and oxygen atoms in total. The van der Waals surface area contributed by atoms with Crippen LogP contribution in [0, 0.1) is 5.82 Å². The van der Waals surface area contributed by atoms with Crippen molar-refractivity contribution < 1.29 is 4.39 Å². The van der Waals surface area contributed by atoms with E-state index in [0.717, 1.165) is 24.2 Å². The Labute approximate surface area is 182 Å². The SMILES string of the molecule is CCCCCCCCCCCn1cc(CSc2n[nH]c(-c3ccc(F)cc3)n2)nn1. The molecule has 162 valence electrons. The number of H-pyrrole nitrogens is 1. The van der Waals surface area contributed by atoms with Crippen LogP contribution in [-0.2, 0) is 12.3 Å². The minimum Gasteiger partial charge on any atom is -0.258 e. The van der Waals surface area contributed by atoms with Crippen molar-refractivity contribution in [1.29, 1.82) is 0 Å². The highest BCUT2D eigenvalue weighted by molar-refractivity contribution is 7.98. The third-order valence-corrected chi connectivity index (χ3v) is 5.89. The second kappa shape index (κ2) is 12.5. The predicted octanol–water partition coefficient (Wildman–Crippen LogP) is 6.03. The molecule has 0 bridgehead atoms. The van der Waals surface area contributed by atoms with Crippen molar-refractivity contribution in [3.05, 3.63) is 42.0 Å². The summed E-state index contributed by atoms with van der Waals surface area (Å²) in [5.74, 6) is 1.03. The lowest BCUT2D eigenvalue weighted by molar-refractivity contribution is 0.509. The lowest BCUT2D eigenvalue weighted by atomic mass is 10.1. The van der Waals surface area contributed by atoms with Crippen LogP contribution in [-0.4, -0.2) is 30.2 Å². The number of hydrogen-bond donors (Lipinski definition) is 1. The molecular weight excluding hydrogens is 399 g/mol. The molecule has 0 saturated carbocycles. The Morgan fingerprint density at radius 2 is 1.67 bits per heavy atom. The van der Waals surface area contributed by atoms with E-state index >= 15 is 0 Å². The number of rotatable bonds is 14. The third-order valence-electron chi connectivity index (χ3n) is 5.01. The first kappa shape index (κ1) is 22.5. The summed E-state index contributed by atoms with van der Waals surface area (Å²) in [7, 11) is 0. The van der Waals surface area contributed by atoms with E-state index in [4.69, 9.17) is 0 Å². The minimum absolute atomic E-state index is 0.265. The average Bonchev–Trinajstić information content (AvgIpc) is 3.41. The van der Waals surface area contributed by atoms with Gasteiger partial charge in [0.15, 0.2) is 5.82 Å². The second-order valence-electron chi connectivity index (χ2n) is 7.56. The Morgan fingerprint density at radius 1 is 0.967 bits per heavy atom. The van der Waals surface area contributed by atoms with Gasteiger partial charge in [-0.05, 0) is 30.7 Å². The lowest BCUT2D eigenvalue weighted by Crippen LogP contribution is -1.98. The first-order chi connectivity index (χ1) is 14.7. The van der Waals surface area contributed by atoms with Crippen LogP contribution in [0.5, 0.6) is 0 Å². The zero-order valence-corrected chi connectivity index (χ0v) is 18.5. The third kappa shape index (κ3) is 7.55. The number of nitrogens with one attached hydrogen (secondary N) is 1. The van der Waals surface area contributed by atoms with E-state index in [1.54, 1.807) is 12.1 Å². The number of thioether (sulfide) groups is 1. The summed E-state index contributed by atoms with van der Waals surface area (Å²) in [6, 6.07) is 6.19. The predicted molar refractivity (Wildman–Crippen MR) is 119 cm³/mol. The fraction of sp³-hybridized carbons (Fsp3) is 0.545. The highest BCUT2D eigenvalue weighted by Crippen LogP contribution is 2.22. The highest BCUT2D eigenvalue weighted by Gasteiger charge is 2.08. The molecular formula is C22H31FN6S. The van der Waals surface area contributed by atoms with Gasteiger partial charge in [-0.3, -0.25) is 9.78 Å². The summed E-state index contributed by atoms with van der Waals surface area (Å²) < 4.78 is 15.0. The molecule has 2 aromatic heterocycles. The van der Waals surface area contributed by atoms with Gasteiger partial charge in [-0.15, -0.1) is 10.2 Å². The van der Waals surface area contributed by atoms with Crippen LogP contribution in [0.4, 0.5) is 4.39 Å². The molecule has 8 heteroatoms. The van der Waals surface area contributed by atoms with Crippen LogP contribution in [0.1, 0.15) is 70.4 Å². The van der Waals surface area contributed by atoms with Gasteiger partial charge in [0.25, 0.3) is 0 Å². The summed E-state index contributed by atoms with van der Waals surface area (Å²) in [6.45, 7) is 3.18. The quantitative estimate of drug-likeness (QED) is 0.250. The maximum Gasteiger partial charge on any atom is 0.209 e. The van der Waals surface area contributed by atoms with Crippen LogP contribution < -0.4 is 0 Å². The van der Waals surface area contributed by atoms with E-state index in [-0.39, 0.29) is 5.82 Å². The van der Waals surface area contributed by atoms with Gasteiger partial charge in [0.1, 0.15) is 5.82 Å². The van der Waals surface area contributed by atoms with Crippen LogP contribution in [0.2, 0.25) is 0 Å². The van der Waals surface area contributed by atoms with Crippen molar-refractivity contribution in [2.45, 2.75) is 82.2 Å². The number of aromatic amines is 1. The standard InChI is InChI=1S/C22H31FN6S/c1-2-3-4-5-6-7-8-9-10-15-29-16-20(25-28-29)17-30-22-24-21(26-27-22)18-11-13-19(23)14-12-18/h11-14,16H,2-10,15,17H2,1H3,(H,24,26,27). The Bertz CT molecular complexity index is 861. The molecule has 1 N–H and O–H groups in total. The van der Waals surface area contributed by atoms with Gasteiger partial charge in [-0.25, -0.2) is 9.37 Å². The van der Waals surface area contributed by atoms with Crippen molar-refractivity contribution in [1.82, 2.24) is 30.2 Å². The molecule has 1 aromatic carbocycles. The van der Waals surface area contributed by atoms with E-state index in [1.165, 1.54) is 75.3 Å². The van der Waals surface area contributed by atoms with E-state index in [9.17, 15) is 4.39 Å². The van der Waals surface area contributed by atoms with Crippen molar-refractivity contribution in [2.24, 2.45) is 0 Å². The summed E-state index contributed by atoms with van der Waals surface area (Å²) in [6.07, 6.45) is 13.9. The molecule has 30 heavy (non-hydrogen) atoms.